The third-order valence-corrected chi connectivity index (χ3v) is 2.37. The summed E-state index contributed by atoms with van der Waals surface area (Å²) in [6.45, 7) is 8.00. The minimum absolute atomic E-state index is 0. The second-order valence-electron chi connectivity index (χ2n) is 3.68. The van der Waals surface area contributed by atoms with Crippen molar-refractivity contribution in [2.45, 2.75) is 33.2 Å². The molecule has 0 aromatic rings. The molecule has 1 radical (unpaired) electrons. The largest absolute Gasteiger partial charge is 0.596 e. The summed E-state index contributed by atoms with van der Waals surface area (Å²) in [5.41, 5.74) is 4.18. The smallest absolute Gasteiger partial charge is 0.351 e. The van der Waals surface area contributed by atoms with Crippen molar-refractivity contribution in [2.75, 3.05) is 6.61 Å². The van der Waals surface area contributed by atoms with Gasteiger partial charge in [0.15, 0.2) is 0 Å². The van der Waals surface area contributed by atoms with Gasteiger partial charge in [0, 0.05) is 32.7 Å². The number of hydrogen-bond donors (Lipinski definition) is 0. The monoisotopic (exact) mass is 272 g/mol. The predicted molar refractivity (Wildman–Crippen MR) is 50.7 cm³/mol. The Hall–Kier alpha value is 0.0439. The van der Waals surface area contributed by atoms with Crippen molar-refractivity contribution in [1.82, 2.24) is 0 Å². The zero-order chi connectivity index (χ0) is 10.1. The molecular formula is C9H15N2O2Y-. The minimum atomic E-state index is -0.343. The molecule has 0 aromatic heterocycles. The van der Waals surface area contributed by atoms with Gasteiger partial charge in [-0.1, -0.05) is 26.3 Å². The van der Waals surface area contributed by atoms with Crippen molar-refractivity contribution in [1.29, 1.82) is 0 Å². The van der Waals surface area contributed by atoms with E-state index in [0.29, 0.717) is 12.3 Å². The van der Waals surface area contributed by atoms with Gasteiger partial charge in [0.1, 0.15) is 5.71 Å². The number of carbonyl (C=O) groups excluding carboxylic acids is 1. The molecule has 1 aliphatic rings. The van der Waals surface area contributed by atoms with E-state index in [0.717, 1.165) is 0 Å². The second-order valence-corrected chi connectivity index (χ2v) is 3.68. The first-order chi connectivity index (χ1) is 5.99. The molecule has 0 spiro atoms. The molecule has 14 heavy (non-hydrogen) atoms. The van der Waals surface area contributed by atoms with Crippen LogP contribution in [0.4, 0.5) is 0 Å². The van der Waals surface area contributed by atoms with Crippen molar-refractivity contribution in [2.24, 2.45) is 11.0 Å². The summed E-state index contributed by atoms with van der Waals surface area (Å²) in [6, 6.07) is 0. The van der Waals surface area contributed by atoms with Gasteiger partial charge >= 0.3 is 5.97 Å². The van der Waals surface area contributed by atoms with Crippen LogP contribution in [-0.2, 0) is 42.2 Å². The zero-order valence-corrected chi connectivity index (χ0v) is 11.9. The summed E-state index contributed by atoms with van der Waals surface area (Å²) in [5, 5.41) is 3.86. The zero-order valence-electron chi connectivity index (χ0n) is 9.07. The first kappa shape index (κ1) is 14.0. The van der Waals surface area contributed by atoms with E-state index in [9.17, 15) is 4.79 Å². The fourth-order valence-electron chi connectivity index (χ4n) is 1.11. The molecule has 4 nitrogen and oxygen atoms in total. The van der Waals surface area contributed by atoms with E-state index in [2.05, 4.69) is 10.5 Å². The van der Waals surface area contributed by atoms with Gasteiger partial charge in [-0.3, -0.25) is 0 Å². The van der Waals surface area contributed by atoms with Crippen LogP contribution < -0.4 is 0 Å². The molecule has 0 N–H and O–H groups in total. The van der Waals surface area contributed by atoms with Gasteiger partial charge in [-0.05, 0) is 12.8 Å². The summed E-state index contributed by atoms with van der Waals surface area (Å²) in [7, 11) is 0. The maximum absolute atomic E-state index is 11.3. The topological polar surface area (TPSA) is 52.8 Å². The van der Waals surface area contributed by atoms with Crippen molar-refractivity contribution < 1.29 is 42.2 Å². The Morgan fingerprint density at radius 3 is 2.57 bits per heavy atom. The molecule has 1 rings (SSSR count). The normalized spacial score (nSPS) is 23.1. The second kappa shape index (κ2) is 5.22. The molecule has 1 atom stereocenters. The molecule has 77 valence electrons. The van der Waals surface area contributed by atoms with E-state index >= 15 is 0 Å². The van der Waals surface area contributed by atoms with Gasteiger partial charge in [-0.15, -0.1) is 0 Å². The third-order valence-electron chi connectivity index (χ3n) is 2.37. The van der Waals surface area contributed by atoms with Crippen LogP contribution in [0, 0.1) is 5.92 Å². The fourth-order valence-corrected chi connectivity index (χ4v) is 1.11. The average Bonchev–Trinajstić information content (AvgIpc) is 2.28. The molecular weight excluding hydrogens is 257 g/mol. The van der Waals surface area contributed by atoms with Crippen molar-refractivity contribution in [3.8, 4) is 0 Å². The summed E-state index contributed by atoms with van der Waals surface area (Å²) < 4.78 is 4.86. The number of rotatable bonds is 2. The number of carbonyl (C=O) groups is 1. The van der Waals surface area contributed by atoms with Crippen LogP contribution in [0.2, 0.25) is 0 Å². The van der Waals surface area contributed by atoms with Gasteiger partial charge in [-0.25, -0.2) is 4.79 Å². The Balaban J connectivity index is 0.00000169. The van der Waals surface area contributed by atoms with Gasteiger partial charge in [0.25, 0.3) is 0 Å². The number of nitrogens with zero attached hydrogens (tertiary/aromatic N) is 2. The van der Waals surface area contributed by atoms with Crippen LogP contribution in [0.1, 0.15) is 27.7 Å². The molecule has 0 aliphatic carbocycles. The number of ether oxygens (including phenoxy) is 1. The minimum Gasteiger partial charge on any atom is -0.596 e. The fraction of sp³-hybridized carbons (Fsp3) is 0.778. The van der Waals surface area contributed by atoms with Gasteiger partial charge < -0.3 is 15.3 Å². The van der Waals surface area contributed by atoms with Crippen molar-refractivity contribution >= 4 is 11.7 Å². The third kappa shape index (κ3) is 2.77. The van der Waals surface area contributed by atoms with E-state index < -0.39 is 0 Å². The molecule has 0 amide bonds. The van der Waals surface area contributed by atoms with Crippen molar-refractivity contribution in [3.05, 3.63) is 5.43 Å². The van der Waals surface area contributed by atoms with Gasteiger partial charge in [-0.2, -0.15) is 0 Å². The van der Waals surface area contributed by atoms with Crippen LogP contribution in [0.3, 0.4) is 0 Å². The standard InChI is InChI=1S/C9H16N2O2.Y/c1-5-13-8(12)7-6(2)9(3,4)11-10-7;/h6H,5H2,1-4H3,(H,11,12);/p-1. The predicted octanol–water partition coefficient (Wildman–Crippen LogP) is 1.71. The number of esters is 1. The Morgan fingerprint density at radius 1 is 1.64 bits per heavy atom. The molecule has 1 aliphatic heterocycles. The summed E-state index contributed by atoms with van der Waals surface area (Å²) >= 11 is 0. The first-order valence-corrected chi connectivity index (χ1v) is 4.46. The Bertz CT molecular complexity index is 251. The average molecular weight is 272 g/mol. The Labute approximate surface area is 110 Å². The quantitative estimate of drug-likeness (QED) is 0.718. The SMILES string of the molecule is CCOC(=O)C1=N[N-]C(C)(C)C1C.[Y]. The maximum Gasteiger partial charge on any atom is 0.351 e. The molecule has 0 fully saturated rings. The van der Waals surface area contributed by atoms with E-state index in [4.69, 9.17) is 4.74 Å². The molecule has 0 saturated heterocycles. The molecule has 0 bridgehead atoms. The Kier molecular flexibility index (Phi) is 5.23. The molecule has 1 unspecified atom stereocenters. The summed E-state index contributed by atoms with van der Waals surface area (Å²) in [6.07, 6.45) is 0. The molecule has 1 heterocycles. The van der Waals surface area contributed by atoms with E-state index in [1.54, 1.807) is 6.92 Å². The maximum atomic E-state index is 11.3. The van der Waals surface area contributed by atoms with Gasteiger partial charge in [0.05, 0.1) is 6.61 Å². The van der Waals surface area contributed by atoms with Crippen LogP contribution >= 0.6 is 0 Å². The van der Waals surface area contributed by atoms with Crippen LogP contribution in [0.15, 0.2) is 5.10 Å². The van der Waals surface area contributed by atoms with Gasteiger partial charge in [0.2, 0.25) is 0 Å². The van der Waals surface area contributed by atoms with Crippen LogP contribution in [0.5, 0.6) is 0 Å². The molecule has 0 aromatic carbocycles. The van der Waals surface area contributed by atoms with E-state index in [1.165, 1.54) is 0 Å². The van der Waals surface area contributed by atoms with Crippen LogP contribution in [0.25, 0.3) is 5.43 Å². The van der Waals surface area contributed by atoms with E-state index in [1.807, 2.05) is 20.8 Å². The molecule has 5 heteroatoms. The summed E-state index contributed by atoms with van der Waals surface area (Å²) in [4.78, 5) is 11.3. The van der Waals surface area contributed by atoms with Crippen molar-refractivity contribution in [3.63, 3.8) is 0 Å². The Morgan fingerprint density at radius 2 is 2.21 bits per heavy atom. The summed E-state index contributed by atoms with van der Waals surface area (Å²) in [5.74, 6) is -0.309. The van der Waals surface area contributed by atoms with E-state index in [-0.39, 0.29) is 50.1 Å². The molecule has 0 saturated carbocycles. The van der Waals surface area contributed by atoms with Crippen LogP contribution in [-0.4, -0.2) is 23.8 Å². The first-order valence-electron chi connectivity index (χ1n) is 4.46. The number of hydrogen-bond acceptors (Lipinski definition) is 3.